The van der Waals surface area contributed by atoms with E-state index in [1.54, 1.807) is 18.2 Å². The Bertz CT molecular complexity index is 934. The molecule has 28 heavy (non-hydrogen) atoms. The Morgan fingerprint density at radius 3 is 2.43 bits per heavy atom. The van der Waals surface area contributed by atoms with Crippen molar-refractivity contribution < 1.29 is 19.0 Å². The standard InChI is InChI=1S/C22H23NO4S/c1-4-25-19-11-10-17(12-20(19)26-5-2)22(24)27-13-18-14-28-21(23-18)16-8-6-15(3)7-9-16/h6-12,14H,4-5,13H2,1-3H3. The van der Waals surface area contributed by atoms with E-state index < -0.39 is 5.97 Å². The third-order valence-electron chi connectivity index (χ3n) is 3.98. The van der Waals surface area contributed by atoms with Crippen molar-refractivity contribution >= 4 is 17.3 Å². The van der Waals surface area contributed by atoms with E-state index in [4.69, 9.17) is 14.2 Å². The van der Waals surface area contributed by atoms with Crippen molar-refractivity contribution in [2.75, 3.05) is 13.2 Å². The Labute approximate surface area is 168 Å². The van der Waals surface area contributed by atoms with Crippen LogP contribution in [0.25, 0.3) is 10.6 Å². The first-order chi connectivity index (χ1) is 13.6. The van der Waals surface area contributed by atoms with Crippen LogP contribution >= 0.6 is 11.3 Å². The molecule has 1 aromatic heterocycles. The molecule has 2 aromatic carbocycles. The van der Waals surface area contributed by atoms with Gasteiger partial charge in [-0.2, -0.15) is 0 Å². The van der Waals surface area contributed by atoms with E-state index in [0.29, 0.717) is 30.3 Å². The van der Waals surface area contributed by atoms with Gasteiger partial charge >= 0.3 is 5.97 Å². The molecule has 0 saturated heterocycles. The van der Waals surface area contributed by atoms with Crippen LogP contribution in [0.4, 0.5) is 0 Å². The molecule has 0 atom stereocenters. The van der Waals surface area contributed by atoms with Crippen molar-refractivity contribution in [1.82, 2.24) is 4.98 Å². The van der Waals surface area contributed by atoms with E-state index in [9.17, 15) is 4.79 Å². The largest absolute Gasteiger partial charge is 0.490 e. The number of carbonyl (C=O) groups is 1. The molecule has 0 N–H and O–H groups in total. The highest BCUT2D eigenvalue weighted by Crippen LogP contribution is 2.29. The second kappa shape index (κ2) is 9.37. The third-order valence-corrected chi connectivity index (χ3v) is 4.92. The van der Waals surface area contributed by atoms with Crippen molar-refractivity contribution in [2.45, 2.75) is 27.4 Å². The first-order valence-corrected chi connectivity index (χ1v) is 10.1. The van der Waals surface area contributed by atoms with Gasteiger partial charge in [0.25, 0.3) is 0 Å². The summed E-state index contributed by atoms with van der Waals surface area (Å²) in [5.41, 5.74) is 3.41. The first kappa shape index (κ1) is 19.9. The summed E-state index contributed by atoms with van der Waals surface area (Å²) in [7, 11) is 0. The van der Waals surface area contributed by atoms with Gasteiger partial charge in [-0.25, -0.2) is 9.78 Å². The van der Waals surface area contributed by atoms with Gasteiger partial charge < -0.3 is 14.2 Å². The summed E-state index contributed by atoms with van der Waals surface area (Å²) < 4.78 is 16.5. The van der Waals surface area contributed by atoms with Gasteiger partial charge in [0, 0.05) is 10.9 Å². The van der Waals surface area contributed by atoms with Crippen LogP contribution in [0.3, 0.4) is 0 Å². The third kappa shape index (κ3) is 4.89. The molecule has 0 amide bonds. The summed E-state index contributed by atoms with van der Waals surface area (Å²) in [5, 5.41) is 2.82. The average molecular weight is 397 g/mol. The Morgan fingerprint density at radius 2 is 1.71 bits per heavy atom. The molecule has 0 unspecified atom stereocenters. The second-order valence-electron chi connectivity index (χ2n) is 6.11. The van der Waals surface area contributed by atoms with E-state index in [1.807, 2.05) is 38.3 Å². The zero-order valence-corrected chi connectivity index (χ0v) is 17.0. The summed E-state index contributed by atoms with van der Waals surface area (Å²) in [4.78, 5) is 17.0. The summed E-state index contributed by atoms with van der Waals surface area (Å²) in [5.74, 6) is 0.728. The molecule has 5 nitrogen and oxygen atoms in total. The monoisotopic (exact) mass is 397 g/mol. The van der Waals surface area contributed by atoms with E-state index >= 15 is 0 Å². The molecule has 6 heteroatoms. The lowest BCUT2D eigenvalue weighted by molar-refractivity contribution is 0.0468. The molecule has 0 spiro atoms. The van der Waals surface area contributed by atoms with Gasteiger partial charge in [-0.15, -0.1) is 11.3 Å². The fourth-order valence-corrected chi connectivity index (χ4v) is 3.41. The van der Waals surface area contributed by atoms with Crippen LogP contribution in [0.1, 0.15) is 35.5 Å². The lowest BCUT2D eigenvalue weighted by Crippen LogP contribution is -2.07. The van der Waals surface area contributed by atoms with E-state index in [2.05, 4.69) is 17.1 Å². The van der Waals surface area contributed by atoms with Crippen LogP contribution < -0.4 is 9.47 Å². The minimum Gasteiger partial charge on any atom is -0.490 e. The smallest absolute Gasteiger partial charge is 0.338 e. The van der Waals surface area contributed by atoms with Crippen LogP contribution in [-0.4, -0.2) is 24.2 Å². The Morgan fingerprint density at radius 1 is 1.00 bits per heavy atom. The van der Waals surface area contributed by atoms with Crippen molar-refractivity contribution in [2.24, 2.45) is 0 Å². The molecule has 0 saturated carbocycles. The number of carbonyl (C=O) groups excluding carboxylic acids is 1. The fourth-order valence-electron chi connectivity index (χ4n) is 2.60. The highest BCUT2D eigenvalue weighted by atomic mass is 32.1. The quantitative estimate of drug-likeness (QED) is 0.485. The molecule has 0 fully saturated rings. The first-order valence-electron chi connectivity index (χ1n) is 9.19. The maximum Gasteiger partial charge on any atom is 0.338 e. The van der Waals surface area contributed by atoms with Crippen molar-refractivity contribution in [1.29, 1.82) is 0 Å². The number of aryl methyl sites for hydroxylation is 1. The van der Waals surface area contributed by atoms with Gasteiger partial charge in [-0.3, -0.25) is 0 Å². The van der Waals surface area contributed by atoms with Crippen LogP contribution in [0.2, 0.25) is 0 Å². The predicted molar refractivity (Wildman–Crippen MR) is 110 cm³/mol. The fraction of sp³-hybridized carbons (Fsp3) is 0.273. The minimum atomic E-state index is -0.422. The number of esters is 1. The van der Waals surface area contributed by atoms with E-state index in [0.717, 1.165) is 16.3 Å². The number of rotatable bonds is 8. The zero-order chi connectivity index (χ0) is 19.9. The van der Waals surface area contributed by atoms with Crippen LogP contribution in [0.5, 0.6) is 11.5 Å². The molecule has 0 bridgehead atoms. The number of hydrogen-bond acceptors (Lipinski definition) is 6. The number of nitrogens with zero attached hydrogens (tertiary/aromatic N) is 1. The number of benzene rings is 2. The number of thiazole rings is 1. The van der Waals surface area contributed by atoms with Gasteiger partial charge in [-0.1, -0.05) is 29.8 Å². The van der Waals surface area contributed by atoms with E-state index in [-0.39, 0.29) is 6.61 Å². The topological polar surface area (TPSA) is 57.7 Å². The van der Waals surface area contributed by atoms with Crippen LogP contribution in [0, 0.1) is 6.92 Å². The molecule has 0 radical (unpaired) electrons. The highest BCUT2D eigenvalue weighted by molar-refractivity contribution is 7.13. The summed E-state index contributed by atoms with van der Waals surface area (Å²) >= 11 is 1.53. The molecule has 3 aromatic rings. The van der Waals surface area contributed by atoms with Gasteiger partial charge in [0.2, 0.25) is 0 Å². The van der Waals surface area contributed by atoms with E-state index in [1.165, 1.54) is 16.9 Å². The maximum absolute atomic E-state index is 12.4. The zero-order valence-electron chi connectivity index (χ0n) is 16.2. The Hall–Kier alpha value is -2.86. The second-order valence-corrected chi connectivity index (χ2v) is 6.97. The Balaban J connectivity index is 1.65. The Kier molecular flexibility index (Phi) is 6.66. The number of ether oxygens (including phenoxy) is 3. The average Bonchev–Trinajstić information content (AvgIpc) is 3.17. The highest BCUT2D eigenvalue weighted by Gasteiger charge is 2.14. The number of hydrogen-bond donors (Lipinski definition) is 0. The van der Waals surface area contributed by atoms with Gasteiger partial charge in [0.05, 0.1) is 24.5 Å². The van der Waals surface area contributed by atoms with Gasteiger partial charge in [0.1, 0.15) is 11.6 Å². The SMILES string of the molecule is CCOc1ccc(C(=O)OCc2csc(-c3ccc(C)cc3)n2)cc1OCC. The summed E-state index contributed by atoms with van der Waals surface area (Å²) in [6.07, 6.45) is 0. The predicted octanol–water partition coefficient (Wildman–Crippen LogP) is 5.27. The number of aromatic nitrogens is 1. The molecule has 1 heterocycles. The van der Waals surface area contributed by atoms with Crippen molar-refractivity contribution in [3.8, 4) is 22.1 Å². The maximum atomic E-state index is 12.4. The minimum absolute atomic E-state index is 0.123. The molecule has 0 aliphatic carbocycles. The summed E-state index contributed by atoms with van der Waals surface area (Å²) in [6, 6.07) is 13.2. The molecule has 0 aliphatic heterocycles. The van der Waals surface area contributed by atoms with Gasteiger partial charge in [0.15, 0.2) is 11.5 Å². The molecule has 3 rings (SSSR count). The van der Waals surface area contributed by atoms with Crippen LogP contribution in [-0.2, 0) is 11.3 Å². The lowest BCUT2D eigenvalue weighted by Gasteiger charge is -2.12. The molecular weight excluding hydrogens is 374 g/mol. The normalized spacial score (nSPS) is 10.5. The van der Waals surface area contributed by atoms with Crippen molar-refractivity contribution in [3.63, 3.8) is 0 Å². The molecule has 146 valence electrons. The lowest BCUT2D eigenvalue weighted by atomic mass is 10.2. The van der Waals surface area contributed by atoms with Crippen LogP contribution in [0.15, 0.2) is 47.8 Å². The van der Waals surface area contributed by atoms with Crippen molar-refractivity contribution in [3.05, 3.63) is 64.7 Å². The molecular formula is C22H23NO4S. The summed E-state index contributed by atoms with van der Waals surface area (Å²) in [6.45, 7) is 6.97. The van der Waals surface area contributed by atoms with Gasteiger partial charge in [-0.05, 0) is 39.0 Å². The molecule has 0 aliphatic rings.